The highest BCUT2D eigenvalue weighted by Gasteiger charge is 2.36. The number of alkyl halides is 3. The molecule has 4 aromatic carbocycles. The Kier molecular flexibility index (Phi) is 8.39. The van der Waals surface area contributed by atoms with Gasteiger partial charge in [-0.15, -0.1) is 0 Å². The maximum Gasteiger partial charge on any atom is 0.416 e. The number of piperazine rings is 1. The number of carbonyl (C=O) groups is 1. The Hall–Kier alpha value is -4.63. The van der Waals surface area contributed by atoms with Gasteiger partial charge < -0.3 is 20.0 Å². The number of para-hydroxylation sites is 1. The largest absolute Gasteiger partial charge is 0.416 e. The van der Waals surface area contributed by atoms with E-state index in [9.17, 15) is 18.0 Å². The first kappa shape index (κ1) is 29.4. The molecule has 1 atom stereocenters. The molecule has 9 heteroatoms. The third-order valence-electron chi connectivity index (χ3n) is 8.23. The van der Waals surface area contributed by atoms with Crippen molar-refractivity contribution in [3.05, 3.63) is 120 Å². The molecule has 0 aliphatic carbocycles. The van der Waals surface area contributed by atoms with E-state index < -0.39 is 11.7 Å². The highest BCUT2D eigenvalue weighted by Crippen LogP contribution is 2.41. The van der Waals surface area contributed by atoms with Gasteiger partial charge in [0, 0.05) is 44.0 Å². The molecule has 44 heavy (non-hydrogen) atoms. The number of halogens is 3. The molecule has 0 bridgehead atoms. The topological polar surface area (TPSA) is 51.2 Å². The van der Waals surface area contributed by atoms with Gasteiger partial charge in [0.05, 0.1) is 23.7 Å². The van der Waals surface area contributed by atoms with Crippen molar-refractivity contribution < 1.29 is 18.0 Å². The Morgan fingerprint density at radius 1 is 0.818 bits per heavy atom. The molecule has 1 unspecified atom stereocenters. The number of likely N-dealkylation sites (N-methyl/N-ethyl adjacent to an activating group) is 1. The fraction of sp³-hybridized carbons (Fsp3) is 0.257. The summed E-state index contributed by atoms with van der Waals surface area (Å²) < 4.78 is 39.0. The molecule has 226 valence electrons. The lowest BCUT2D eigenvalue weighted by atomic mass is 9.96. The number of fused-ring (bicyclic) bond motifs is 1. The molecule has 0 spiro atoms. The molecule has 2 heterocycles. The van der Waals surface area contributed by atoms with Crippen LogP contribution in [0.3, 0.4) is 0 Å². The number of nitrogens with one attached hydrogen (secondary N) is 1. The summed E-state index contributed by atoms with van der Waals surface area (Å²) in [5.74, 6) is 0.611. The van der Waals surface area contributed by atoms with E-state index in [4.69, 9.17) is 4.99 Å². The smallest absolute Gasteiger partial charge is 0.352 e. The summed E-state index contributed by atoms with van der Waals surface area (Å²) in [4.78, 5) is 25.4. The molecule has 1 fully saturated rings. The minimum Gasteiger partial charge on any atom is -0.352 e. The van der Waals surface area contributed by atoms with Crippen LogP contribution in [-0.2, 0) is 17.5 Å². The highest BCUT2D eigenvalue weighted by molar-refractivity contribution is 6.01. The predicted molar refractivity (Wildman–Crippen MR) is 168 cm³/mol. The van der Waals surface area contributed by atoms with E-state index in [1.54, 1.807) is 0 Å². The fourth-order valence-corrected chi connectivity index (χ4v) is 5.74. The maximum atomic E-state index is 13.5. The second kappa shape index (κ2) is 12.5. The van der Waals surface area contributed by atoms with Crippen molar-refractivity contribution in [1.82, 2.24) is 15.1 Å². The Bertz CT molecular complexity index is 1610. The highest BCUT2D eigenvalue weighted by atomic mass is 19.4. The normalized spacial score (nSPS) is 17.2. The lowest BCUT2D eigenvalue weighted by Crippen LogP contribution is -2.54. The van der Waals surface area contributed by atoms with Gasteiger partial charge >= 0.3 is 6.18 Å². The lowest BCUT2D eigenvalue weighted by Gasteiger charge is -2.44. The zero-order valence-corrected chi connectivity index (χ0v) is 24.5. The number of benzene rings is 4. The summed E-state index contributed by atoms with van der Waals surface area (Å²) in [6.07, 6.45) is -4.26. The van der Waals surface area contributed by atoms with Crippen molar-refractivity contribution >= 4 is 23.2 Å². The van der Waals surface area contributed by atoms with Crippen molar-refractivity contribution in [2.24, 2.45) is 4.99 Å². The van der Waals surface area contributed by atoms with Crippen LogP contribution in [0.4, 0.5) is 24.5 Å². The monoisotopic (exact) mass is 597 g/mol. The molecular weight excluding hydrogens is 563 g/mol. The molecule has 1 saturated heterocycles. The number of carbonyl (C=O) groups excluding carboxylic acids is 1. The summed E-state index contributed by atoms with van der Waals surface area (Å²) in [6, 6.07) is 31.0. The van der Waals surface area contributed by atoms with Crippen LogP contribution in [-0.4, -0.2) is 54.9 Å². The number of rotatable bonds is 6. The molecule has 1 amide bonds. The van der Waals surface area contributed by atoms with Gasteiger partial charge in [-0.25, -0.2) is 4.99 Å². The number of hydrogen-bond acceptors (Lipinski definition) is 5. The van der Waals surface area contributed by atoms with E-state index >= 15 is 0 Å². The number of nitrogens with zero attached hydrogens (tertiary/aromatic N) is 4. The maximum absolute atomic E-state index is 13.5. The first-order valence-corrected chi connectivity index (χ1v) is 14.7. The molecular formula is C35H34F3N5O. The molecule has 4 aromatic rings. The van der Waals surface area contributed by atoms with Gasteiger partial charge in [-0.05, 0) is 54.1 Å². The molecule has 0 saturated carbocycles. The number of hydrogen-bond donors (Lipinski definition) is 1. The van der Waals surface area contributed by atoms with Gasteiger partial charge in [-0.1, -0.05) is 72.8 Å². The minimum absolute atomic E-state index is 0.135. The van der Waals surface area contributed by atoms with Crippen LogP contribution >= 0.6 is 0 Å². The average molecular weight is 598 g/mol. The van der Waals surface area contributed by atoms with E-state index in [0.717, 1.165) is 72.3 Å². The van der Waals surface area contributed by atoms with Gasteiger partial charge in [0.15, 0.2) is 0 Å². The summed E-state index contributed by atoms with van der Waals surface area (Å²) in [7, 11) is 2.11. The van der Waals surface area contributed by atoms with E-state index in [2.05, 4.69) is 63.5 Å². The average Bonchev–Trinajstić information content (AvgIpc) is 3.04. The van der Waals surface area contributed by atoms with Gasteiger partial charge in [-0.2, -0.15) is 13.2 Å². The minimum atomic E-state index is -4.40. The van der Waals surface area contributed by atoms with Crippen LogP contribution in [0.15, 0.2) is 108 Å². The van der Waals surface area contributed by atoms with Crippen molar-refractivity contribution in [1.29, 1.82) is 0 Å². The molecule has 0 aromatic heterocycles. The number of aliphatic imine (C=N–C) groups is 1. The summed E-state index contributed by atoms with van der Waals surface area (Å²) in [6.45, 7) is 3.56. The van der Waals surface area contributed by atoms with E-state index in [1.807, 2.05) is 42.5 Å². The summed E-state index contributed by atoms with van der Waals surface area (Å²) >= 11 is 0. The third kappa shape index (κ3) is 6.48. The van der Waals surface area contributed by atoms with E-state index in [0.29, 0.717) is 5.56 Å². The standard InChI is InChI=1S/C35H34F3N5O/c1-41-19-21-42(22-20-41)34-40-31-10-6-5-9-30(31)32(23-33(44)39-24-25-11-15-28(16-12-25)35(36,37)38)43(34)29-17-13-27(14-18-29)26-7-3-2-4-8-26/h2-18,32H,19-24H2,1H3,(H,39,44). The zero-order valence-electron chi connectivity index (χ0n) is 24.5. The van der Waals surface area contributed by atoms with Crippen LogP contribution in [0.2, 0.25) is 0 Å². The van der Waals surface area contributed by atoms with Crippen LogP contribution in [0, 0.1) is 0 Å². The summed E-state index contributed by atoms with van der Waals surface area (Å²) in [5.41, 5.74) is 4.81. The van der Waals surface area contributed by atoms with E-state index in [-0.39, 0.29) is 24.9 Å². The SMILES string of the molecule is CN1CCN(C2=Nc3ccccc3C(CC(=O)NCc3ccc(C(F)(F)F)cc3)N2c2ccc(-c3ccccc3)cc2)CC1. The first-order chi connectivity index (χ1) is 21.3. The third-order valence-corrected chi connectivity index (χ3v) is 8.23. The molecule has 0 radical (unpaired) electrons. The Labute approximate surface area is 255 Å². The van der Waals surface area contributed by atoms with Gasteiger partial charge in [-0.3, -0.25) is 4.79 Å². The lowest BCUT2D eigenvalue weighted by molar-refractivity contribution is -0.137. The van der Waals surface area contributed by atoms with Crippen molar-refractivity contribution in [3.63, 3.8) is 0 Å². The predicted octanol–water partition coefficient (Wildman–Crippen LogP) is 6.88. The number of anilines is 1. The molecule has 6 nitrogen and oxygen atoms in total. The van der Waals surface area contributed by atoms with Crippen molar-refractivity contribution in [3.8, 4) is 11.1 Å². The van der Waals surface area contributed by atoms with Gasteiger partial charge in [0.1, 0.15) is 0 Å². The Morgan fingerprint density at radius 2 is 1.45 bits per heavy atom. The molecule has 1 N–H and O–H groups in total. The second-order valence-corrected chi connectivity index (χ2v) is 11.2. The van der Waals surface area contributed by atoms with Crippen molar-refractivity contribution in [2.45, 2.75) is 25.2 Å². The van der Waals surface area contributed by atoms with Crippen LogP contribution < -0.4 is 10.2 Å². The van der Waals surface area contributed by atoms with Gasteiger partial charge in [0.2, 0.25) is 11.9 Å². The molecule has 2 aliphatic heterocycles. The molecule has 2 aliphatic rings. The first-order valence-electron chi connectivity index (χ1n) is 14.7. The Balaban J connectivity index is 1.30. The number of amides is 1. The van der Waals surface area contributed by atoms with Crippen molar-refractivity contribution in [2.75, 3.05) is 38.1 Å². The van der Waals surface area contributed by atoms with Crippen LogP contribution in [0.25, 0.3) is 11.1 Å². The summed E-state index contributed by atoms with van der Waals surface area (Å²) in [5, 5.41) is 2.93. The van der Waals surface area contributed by atoms with Crippen LogP contribution in [0.5, 0.6) is 0 Å². The van der Waals surface area contributed by atoms with Crippen LogP contribution in [0.1, 0.15) is 29.2 Å². The molecule has 6 rings (SSSR count). The second-order valence-electron chi connectivity index (χ2n) is 11.2. The quantitative estimate of drug-likeness (QED) is 0.264. The fourth-order valence-electron chi connectivity index (χ4n) is 5.74. The van der Waals surface area contributed by atoms with Gasteiger partial charge in [0.25, 0.3) is 0 Å². The van der Waals surface area contributed by atoms with E-state index in [1.165, 1.54) is 12.1 Å². The number of guanidine groups is 1. The Morgan fingerprint density at radius 3 is 2.14 bits per heavy atom. The zero-order chi connectivity index (χ0) is 30.7.